The third kappa shape index (κ3) is 8.98. The molecule has 3 aromatic rings. The lowest BCUT2D eigenvalue weighted by atomic mass is 9.81. The Morgan fingerprint density at radius 2 is 1.73 bits per heavy atom. The van der Waals surface area contributed by atoms with Crippen LogP contribution < -0.4 is 15.4 Å². The lowest BCUT2D eigenvalue weighted by molar-refractivity contribution is -0.118. The number of amides is 1. The maximum atomic E-state index is 12.8. The minimum Gasteiger partial charge on any atom is -0.489 e. The van der Waals surface area contributed by atoms with E-state index < -0.39 is 0 Å². The second-order valence-corrected chi connectivity index (χ2v) is 13.6. The first-order valence-electron chi connectivity index (χ1n) is 14.5. The summed E-state index contributed by atoms with van der Waals surface area (Å²) in [6.45, 7) is 15.0. The molecule has 1 fully saturated rings. The number of piperidine rings is 1. The van der Waals surface area contributed by atoms with Crippen molar-refractivity contribution in [1.29, 1.82) is 0 Å². The number of Topliss-reactive ketones (excluding diaryl/α,β-unsaturated/α-hetero) is 1. The van der Waals surface area contributed by atoms with Gasteiger partial charge in [0.15, 0.2) is 0 Å². The van der Waals surface area contributed by atoms with Crippen LogP contribution >= 0.6 is 0 Å². The Kier molecular flexibility index (Phi) is 9.02. The van der Waals surface area contributed by atoms with Gasteiger partial charge in [-0.25, -0.2) is 4.98 Å². The fraction of sp³-hybridized carbons (Fsp3) is 0.515. The van der Waals surface area contributed by atoms with Gasteiger partial charge in [-0.3, -0.25) is 9.59 Å². The number of rotatable bonds is 10. The van der Waals surface area contributed by atoms with E-state index in [9.17, 15) is 9.59 Å². The third-order valence-electron chi connectivity index (χ3n) is 7.22. The molecule has 0 atom stereocenters. The number of carbonyl (C=O) groups is 2. The van der Waals surface area contributed by atoms with E-state index in [0.717, 1.165) is 36.3 Å². The molecule has 0 spiro atoms. The van der Waals surface area contributed by atoms with E-state index in [1.807, 2.05) is 30.3 Å². The van der Waals surface area contributed by atoms with Crippen molar-refractivity contribution in [2.75, 3.05) is 5.32 Å². The molecule has 0 saturated carbocycles. The third-order valence-corrected chi connectivity index (χ3v) is 7.22. The fourth-order valence-corrected chi connectivity index (χ4v) is 5.56. The molecule has 1 amide bonds. The van der Waals surface area contributed by atoms with Gasteiger partial charge in [0.25, 0.3) is 5.91 Å². The van der Waals surface area contributed by atoms with Crippen molar-refractivity contribution in [3.05, 3.63) is 71.4 Å². The molecule has 0 bridgehead atoms. The molecule has 1 saturated heterocycles. The summed E-state index contributed by atoms with van der Waals surface area (Å²) in [5, 5.41) is 10.7. The molecule has 0 radical (unpaired) electrons. The highest BCUT2D eigenvalue weighted by Gasteiger charge is 2.38. The van der Waals surface area contributed by atoms with Crippen LogP contribution in [-0.2, 0) is 23.1 Å². The molecular weight excluding hydrogens is 516 g/mol. The number of aryl methyl sites for hydroxylation is 1. The number of carbonyl (C=O) groups excluding carboxylic acids is 2. The molecule has 0 aliphatic carbocycles. The smallest absolute Gasteiger partial charge is 0.274 e. The molecule has 4 rings (SSSR count). The number of nitrogens with zero attached hydrogens (tertiary/aromatic N) is 2. The van der Waals surface area contributed by atoms with E-state index in [1.165, 1.54) is 0 Å². The predicted molar refractivity (Wildman–Crippen MR) is 160 cm³/mol. The number of ketones is 1. The van der Waals surface area contributed by atoms with Crippen LogP contribution in [0.5, 0.6) is 5.75 Å². The summed E-state index contributed by atoms with van der Waals surface area (Å²) >= 11 is 0. The number of aromatic nitrogens is 2. The minimum absolute atomic E-state index is 0.0162. The van der Waals surface area contributed by atoms with Gasteiger partial charge in [0.05, 0.1) is 11.9 Å². The molecular formula is C33H44N4O4. The normalized spacial score (nSPS) is 16.8. The van der Waals surface area contributed by atoms with Crippen molar-refractivity contribution in [1.82, 2.24) is 15.5 Å². The molecule has 2 aromatic heterocycles. The average Bonchev–Trinajstić information content (AvgIpc) is 3.33. The number of anilines is 1. The molecule has 220 valence electrons. The number of nitrogens with one attached hydrogen (secondary N) is 2. The monoisotopic (exact) mass is 560 g/mol. The topological polar surface area (TPSA) is 106 Å². The average molecular weight is 561 g/mol. The zero-order chi connectivity index (χ0) is 29.8. The summed E-state index contributed by atoms with van der Waals surface area (Å²) in [5.74, 6) is 1.38. The largest absolute Gasteiger partial charge is 0.489 e. The lowest BCUT2D eigenvalue weighted by Crippen LogP contribution is -2.60. The zero-order valence-electron chi connectivity index (χ0n) is 25.5. The molecule has 1 aliphatic rings. The second kappa shape index (κ2) is 12.1. The van der Waals surface area contributed by atoms with Gasteiger partial charge in [-0.15, -0.1) is 0 Å². The quantitative estimate of drug-likeness (QED) is 0.294. The first kappa shape index (κ1) is 30.4. The fourth-order valence-electron chi connectivity index (χ4n) is 5.56. The van der Waals surface area contributed by atoms with Gasteiger partial charge >= 0.3 is 0 Å². The highest BCUT2D eigenvalue weighted by molar-refractivity contribution is 6.02. The number of ether oxygens (including phenoxy) is 1. The minimum atomic E-state index is -0.299. The Morgan fingerprint density at radius 3 is 2.32 bits per heavy atom. The summed E-state index contributed by atoms with van der Waals surface area (Å²) in [4.78, 5) is 29.6. The van der Waals surface area contributed by atoms with Crippen molar-refractivity contribution in [3.8, 4) is 5.75 Å². The molecule has 1 aliphatic heterocycles. The van der Waals surface area contributed by atoms with Crippen molar-refractivity contribution < 1.29 is 18.8 Å². The zero-order valence-corrected chi connectivity index (χ0v) is 25.5. The van der Waals surface area contributed by atoms with Crippen LogP contribution in [0.15, 0.2) is 53.2 Å². The molecule has 8 heteroatoms. The van der Waals surface area contributed by atoms with Crippen molar-refractivity contribution in [3.63, 3.8) is 0 Å². The van der Waals surface area contributed by atoms with Crippen LogP contribution in [0.1, 0.15) is 102 Å². The SMILES string of the molecule is CC1(C)CC(Oc2ccc(C(=O)Nc3ccc(CC(=O)CCCc4cc(C(C)(C)C)on4)cc3)nc2)CC(C)(C)N1. The molecule has 2 N–H and O–H groups in total. The molecule has 0 unspecified atom stereocenters. The van der Waals surface area contributed by atoms with Crippen LogP contribution in [0, 0.1) is 0 Å². The Hall–Kier alpha value is -3.52. The Morgan fingerprint density at radius 1 is 1.05 bits per heavy atom. The maximum Gasteiger partial charge on any atom is 0.274 e. The van der Waals surface area contributed by atoms with Crippen molar-refractivity contribution in [2.24, 2.45) is 0 Å². The number of hydrogen-bond acceptors (Lipinski definition) is 7. The van der Waals surface area contributed by atoms with E-state index in [-0.39, 0.29) is 34.3 Å². The summed E-state index contributed by atoms with van der Waals surface area (Å²) in [7, 11) is 0. The van der Waals surface area contributed by atoms with Gasteiger partial charge in [-0.2, -0.15) is 0 Å². The first-order valence-corrected chi connectivity index (χ1v) is 14.5. The summed E-state index contributed by atoms with van der Waals surface area (Å²) in [6, 6.07) is 12.8. The van der Waals surface area contributed by atoms with Crippen LogP contribution in [0.3, 0.4) is 0 Å². The molecule has 8 nitrogen and oxygen atoms in total. The molecule has 41 heavy (non-hydrogen) atoms. The summed E-state index contributed by atoms with van der Waals surface area (Å²) in [5.41, 5.74) is 2.64. The standard InChI is InChI=1S/C33H44N4O4/c1-31(2,3)29-18-24(36-41-29)9-8-10-25(38)17-22-11-13-23(14-12-22)35-30(39)28-16-15-26(21-34-28)40-27-19-32(4,5)37-33(6,7)20-27/h11-16,18,21,27,37H,8-10,17,19-20H2,1-7H3,(H,35,39). The Labute approximate surface area is 243 Å². The van der Waals surface area contributed by atoms with Gasteiger partial charge in [-0.05, 0) is 70.4 Å². The van der Waals surface area contributed by atoms with Crippen LogP contribution in [-0.4, -0.2) is 39.0 Å². The molecule has 1 aromatic carbocycles. The van der Waals surface area contributed by atoms with E-state index in [2.05, 4.69) is 69.2 Å². The highest BCUT2D eigenvalue weighted by atomic mass is 16.5. The van der Waals surface area contributed by atoms with E-state index in [1.54, 1.807) is 18.3 Å². The van der Waals surface area contributed by atoms with Crippen LogP contribution in [0.4, 0.5) is 5.69 Å². The summed E-state index contributed by atoms with van der Waals surface area (Å²) < 4.78 is 11.6. The molecule has 3 heterocycles. The van der Waals surface area contributed by atoms with Gasteiger partial charge in [0.2, 0.25) is 0 Å². The van der Waals surface area contributed by atoms with Gasteiger partial charge in [-0.1, -0.05) is 38.1 Å². The maximum absolute atomic E-state index is 12.8. The summed E-state index contributed by atoms with van der Waals surface area (Å²) in [6.07, 6.45) is 5.74. The Bertz CT molecular complexity index is 1320. The number of hydrogen-bond donors (Lipinski definition) is 2. The van der Waals surface area contributed by atoms with Crippen molar-refractivity contribution >= 4 is 17.4 Å². The Balaban J connectivity index is 1.22. The van der Waals surface area contributed by atoms with Gasteiger partial charge in [0, 0.05) is 53.9 Å². The predicted octanol–water partition coefficient (Wildman–Crippen LogP) is 6.44. The second-order valence-electron chi connectivity index (χ2n) is 13.6. The van der Waals surface area contributed by atoms with E-state index in [4.69, 9.17) is 9.26 Å². The number of benzene rings is 1. The first-order chi connectivity index (χ1) is 19.2. The van der Waals surface area contributed by atoms with Crippen LogP contribution in [0.2, 0.25) is 0 Å². The lowest BCUT2D eigenvalue weighted by Gasteiger charge is -2.46. The van der Waals surface area contributed by atoms with E-state index >= 15 is 0 Å². The highest BCUT2D eigenvalue weighted by Crippen LogP contribution is 2.31. The van der Waals surface area contributed by atoms with E-state index in [0.29, 0.717) is 36.4 Å². The van der Waals surface area contributed by atoms with Crippen molar-refractivity contribution in [2.45, 2.75) is 110 Å². The number of pyridine rings is 1. The van der Waals surface area contributed by atoms with Gasteiger partial charge in [0.1, 0.15) is 29.1 Å². The van der Waals surface area contributed by atoms with Crippen LogP contribution in [0.25, 0.3) is 0 Å². The van der Waals surface area contributed by atoms with Gasteiger partial charge < -0.3 is 19.9 Å².